The van der Waals surface area contributed by atoms with Crippen molar-refractivity contribution in [2.45, 2.75) is 6.42 Å². The van der Waals surface area contributed by atoms with E-state index >= 15 is 0 Å². The predicted octanol–water partition coefficient (Wildman–Crippen LogP) is 2.24. The van der Waals surface area contributed by atoms with Crippen molar-refractivity contribution < 1.29 is 8.85 Å². The Morgan fingerprint density at radius 2 is 1.30 bits per heavy atom. The van der Waals surface area contributed by atoms with Crippen LogP contribution >= 0.6 is 0 Å². The molecule has 3 rings (SSSR count). The lowest BCUT2D eigenvalue weighted by molar-refractivity contribution is 0.205. The molecule has 0 bridgehead atoms. The number of hydrogen-bond donors (Lipinski definition) is 0. The minimum absolute atomic E-state index is 0.607. The van der Waals surface area contributed by atoms with Gasteiger partial charge in [-0.15, -0.1) is 0 Å². The van der Waals surface area contributed by atoms with Crippen molar-refractivity contribution in [1.82, 2.24) is 0 Å². The van der Waals surface area contributed by atoms with Crippen molar-refractivity contribution in [3.63, 3.8) is 0 Å². The molecule has 0 unspecified atom stereocenters. The van der Waals surface area contributed by atoms with Crippen molar-refractivity contribution in [2.24, 2.45) is 0 Å². The second-order valence-electron chi connectivity index (χ2n) is 4.77. The molecule has 0 aliphatic carbocycles. The summed E-state index contributed by atoms with van der Waals surface area (Å²) >= 11 is 0. The smallest absolute Gasteiger partial charge is 0.387 e. The van der Waals surface area contributed by atoms with E-state index in [9.17, 15) is 0 Å². The molecule has 0 fully saturated rings. The Kier molecular flexibility index (Phi) is 4.11. The van der Waals surface area contributed by atoms with E-state index in [0.29, 0.717) is 13.2 Å². The number of benzene rings is 2. The van der Waals surface area contributed by atoms with Crippen LogP contribution in [0.2, 0.25) is 0 Å². The van der Waals surface area contributed by atoms with Crippen molar-refractivity contribution in [3.05, 3.63) is 72.8 Å². The van der Waals surface area contributed by atoms with Gasteiger partial charge in [0.15, 0.2) is 0 Å². The van der Waals surface area contributed by atoms with Crippen LogP contribution in [0.15, 0.2) is 72.8 Å². The highest BCUT2D eigenvalue weighted by Crippen LogP contribution is 2.12. The van der Waals surface area contributed by atoms with E-state index in [-0.39, 0.29) is 0 Å². The molecule has 0 spiro atoms. The molecule has 0 radical (unpaired) electrons. The highest BCUT2D eigenvalue weighted by atomic mass is 28.4. The fourth-order valence-electron chi connectivity index (χ4n) is 2.48. The minimum Gasteiger partial charge on any atom is -0.387 e. The summed E-state index contributed by atoms with van der Waals surface area (Å²) in [5.41, 5.74) is 0. The molecule has 20 heavy (non-hydrogen) atoms. The summed E-state index contributed by atoms with van der Waals surface area (Å²) in [6.45, 7) is 1.31. The Balaban J connectivity index is 2.09. The Morgan fingerprint density at radius 1 is 0.700 bits per heavy atom. The highest BCUT2D eigenvalue weighted by Gasteiger charge is 2.42. The Labute approximate surface area is 120 Å². The summed E-state index contributed by atoms with van der Waals surface area (Å²) in [4.78, 5) is 0. The first-order valence-corrected chi connectivity index (χ1v) is 8.77. The molecular weight excluding hydrogens is 264 g/mol. The predicted molar refractivity (Wildman–Crippen MR) is 83.6 cm³/mol. The second kappa shape index (κ2) is 6.18. The van der Waals surface area contributed by atoms with Crippen LogP contribution in [0, 0.1) is 0 Å². The first kappa shape index (κ1) is 13.3. The lowest BCUT2D eigenvalue weighted by atomic mass is 10.4. The van der Waals surface area contributed by atoms with Crippen molar-refractivity contribution >= 4 is 18.9 Å². The number of hydrogen-bond acceptors (Lipinski definition) is 2. The van der Waals surface area contributed by atoms with Gasteiger partial charge in [0.2, 0.25) is 0 Å². The molecule has 2 aromatic carbocycles. The van der Waals surface area contributed by atoms with Crippen LogP contribution in [0.5, 0.6) is 0 Å². The van der Waals surface area contributed by atoms with E-state index in [4.69, 9.17) is 8.85 Å². The molecule has 0 atom stereocenters. The van der Waals surface area contributed by atoms with Gasteiger partial charge < -0.3 is 8.85 Å². The molecule has 0 saturated heterocycles. The highest BCUT2D eigenvalue weighted by molar-refractivity contribution is 6.92. The summed E-state index contributed by atoms with van der Waals surface area (Å²) in [6, 6.07) is 20.7. The van der Waals surface area contributed by atoms with Gasteiger partial charge in [-0.3, -0.25) is 0 Å². The quantitative estimate of drug-likeness (QED) is 0.621. The third-order valence-electron chi connectivity index (χ3n) is 3.45. The first-order valence-electron chi connectivity index (χ1n) is 6.96. The molecule has 1 heterocycles. The first-order chi connectivity index (χ1) is 9.92. The molecular formula is C17H18O2Si. The van der Waals surface area contributed by atoms with Gasteiger partial charge in [0, 0.05) is 6.61 Å². The van der Waals surface area contributed by atoms with Gasteiger partial charge >= 0.3 is 8.56 Å². The Bertz CT molecular complexity index is 527. The zero-order chi connectivity index (χ0) is 13.7. The molecule has 102 valence electrons. The molecule has 2 nitrogen and oxygen atoms in total. The van der Waals surface area contributed by atoms with Gasteiger partial charge in [-0.25, -0.2) is 0 Å². The van der Waals surface area contributed by atoms with Crippen LogP contribution in [0.25, 0.3) is 0 Å². The Hall–Kier alpha value is -1.68. The van der Waals surface area contributed by atoms with Crippen LogP contribution in [0.3, 0.4) is 0 Å². The summed E-state index contributed by atoms with van der Waals surface area (Å²) in [7, 11) is -2.57. The summed E-state index contributed by atoms with van der Waals surface area (Å²) < 4.78 is 12.6. The second-order valence-corrected chi connectivity index (χ2v) is 7.73. The van der Waals surface area contributed by atoms with Gasteiger partial charge in [0.05, 0.1) is 6.61 Å². The van der Waals surface area contributed by atoms with E-state index in [2.05, 4.69) is 36.4 Å². The fourth-order valence-corrected chi connectivity index (χ4v) is 5.56. The molecule has 0 saturated carbocycles. The van der Waals surface area contributed by atoms with Crippen molar-refractivity contribution in [1.29, 1.82) is 0 Å². The van der Waals surface area contributed by atoms with Crippen molar-refractivity contribution in [2.75, 3.05) is 13.2 Å². The van der Waals surface area contributed by atoms with E-state index in [1.165, 1.54) is 10.4 Å². The maximum atomic E-state index is 6.31. The standard InChI is InChI=1S/C17H18O2Si/c1-4-10-16(11-5-1)20(17-12-6-2-7-13-17)18-14-8-3-9-15-19-20/h1-8,10-13H,9,14-15H2. The molecule has 0 amide bonds. The van der Waals surface area contributed by atoms with Crippen LogP contribution in [0.4, 0.5) is 0 Å². The van der Waals surface area contributed by atoms with Gasteiger partial charge in [0.25, 0.3) is 0 Å². The maximum absolute atomic E-state index is 6.31. The maximum Gasteiger partial charge on any atom is 0.407 e. The summed E-state index contributed by atoms with van der Waals surface area (Å²) in [5.74, 6) is 0. The molecule has 0 N–H and O–H groups in total. The fraction of sp³-hybridized carbons (Fsp3) is 0.176. The third kappa shape index (κ3) is 2.61. The SMILES string of the molecule is C1=CCO[Si](c2ccccc2)(c2ccccc2)OCC1. The summed E-state index contributed by atoms with van der Waals surface area (Å²) in [5, 5.41) is 2.34. The molecule has 1 aliphatic rings. The van der Waals surface area contributed by atoms with Crippen LogP contribution < -0.4 is 10.4 Å². The largest absolute Gasteiger partial charge is 0.407 e. The van der Waals surface area contributed by atoms with E-state index < -0.39 is 8.56 Å². The lowest BCUT2D eigenvalue weighted by Crippen LogP contribution is -2.63. The molecule has 0 aromatic heterocycles. The van der Waals surface area contributed by atoms with Gasteiger partial charge in [-0.2, -0.15) is 0 Å². The Morgan fingerprint density at radius 3 is 1.90 bits per heavy atom. The van der Waals surface area contributed by atoms with Gasteiger partial charge in [-0.05, 0) is 16.8 Å². The average molecular weight is 282 g/mol. The lowest BCUT2D eigenvalue weighted by Gasteiger charge is -2.32. The summed E-state index contributed by atoms with van der Waals surface area (Å²) in [6.07, 6.45) is 5.15. The molecule has 3 heteroatoms. The average Bonchev–Trinajstić information content (AvgIpc) is 2.49. The van der Waals surface area contributed by atoms with Crippen LogP contribution in [-0.4, -0.2) is 21.8 Å². The third-order valence-corrected chi connectivity index (χ3v) is 6.82. The van der Waals surface area contributed by atoms with E-state index in [1.807, 2.05) is 36.4 Å². The molecule has 1 aliphatic heterocycles. The van der Waals surface area contributed by atoms with E-state index in [0.717, 1.165) is 6.42 Å². The minimum atomic E-state index is -2.57. The van der Waals surface area contributed by atoms with Crippen LogP contribution in [0.1, 0.15) is 6.42 Å². The topological polar surface area (TPSA) is 18.5 Å². The van der Waals surface area contributed by atoms with E-state index in [1.54, 1.807) is 0 Å². The molecule has 2 aromatic rings. The number of rotatable bonds is 2. The zero-order valence-electron chi connectivity index (χ0n) is 11.4. The van der Waals surface area contributed by atoms with Gasteiger partial charge in [0.1, 0.15) is 0 Å². The van der Waals surface area contributed by atoms with Crippen LogP contribution in [-0.2, 0) is 8.85 Å². The normalized spacial score (nSPS) is 18.2. The van der Waals surface area contributed by atoms with Crippen molar-refractivity contribution in [3.8, 4) is 0 Å². The monoisotopic (exact) mass is 282 g/mol. The van der Waals surface area contributed by atoms with Gasteiger partial charge in [-0.1, -0.05) is 72.8 Å². The zero-order valence-corrected chi connectivity index (χ0v) is 12.4.